The minimum absolute atomic E-state index is 0.372. The van der Waals surface area contributed by atoms with Crippen molar-refractivity contribution in [3.63, 3.8) is 0 Å². The van der Waals surface area contributed by atoms with Gasteiger partial charge in [-0.05, 0) is 32.9 Å². The topological polar surface area (TPSA) is 49.7 Å². The largest absolute Gasteiger partial charge is 0.267 e. The van der Waals surface area contributed by atoms with Gasteiger partial charge in [0.05, 0.1) is 4.90 Å². The van der Waals surface area contributed by atoms with Crippen molar-refractivity contribution >= 4 is 15.9 Å². The molecule has 0 unspecified atom stereocenters. The third-order valence-corrected chi connectivity index (χ3v) is 4.70. The fraction of sp³-hybridized carbons (Fsp3) is 0.417. The van der Waals surface area contributed by atoms with Crippen molar-refractivity contribution in [3.05, 3.63) is 29.3 Å². The molecule has 0 fully saturated rings. The van der Waals surface area contributed by atoms with E-state index in [4.69, 9.17) is 0 Å². The van der Waals surface area contributed by atoms with Crippen LogP contribution in [0.2, 0.25) is 0 Å². The van der Waals surface area contributed by atoms with Crippen LogP contribution in [0.3, 0.4) is 0 Å². The molecule has 0 atom stereocenters. The summed E-state index contributed by atoms with van der Waals surface area (Å²) in [5.41, 5.74) is 1.77. The standard InChI is InChI=1S/C12H16N2O2S/c1-4-13-12-10-8-9(3)6-7-11(10)17(15,16)14(12)5-2/h6-8H,4-5H2,1-3H3. The Labute approximate surface area is 102 Å². The first-order chi connectivity index (χ1) is 8.02. The highest BCUT2D eigenvalue weighted by atomic mass is 32.2. The highest BCUT2D eigenvalue weighted by Gasteiger charge is 2.37. The molecular formula is C12H16N2O2S. The molecule has 1 aliphatic rings. The Bertz CT molecular complexity index is 576. The molecular weight excluding hydrogens is 236 g/mol. The molecule has 92 valence electrons. The number of benzene rings is 1. The summed E-state index contributed by atoms with van der Waals surface area (Å²) in [6.07, 6.45) is 0. The van der Waals surface area contributed by atoms with Crippen LogP contribution >= 0.6 is 0 Å². The lowest BCUT2D eigenvalue weighted by Gasteiger charge is -2.15. The number of amidine groups is 1. The Morgan fingerprint density at radius 3 is 2.59 bits per heavy atom. The molecule has 0 N–H and O–H groups in total. The maximum absolute atomic E-state index is 12.3. The number of nitrogens with zero attached hydrogens (tertiary/aromatic N) is 2. The highest BCUT2D eigenvalue weighted by Crippen LogP contribution is 2.31. The first-order valence-electron chi connectivity index (χ1n) is 5.70. The van der Waals surface area contributed by atoms with E-state index >= 15 is 0 Å². The van der Waals surface area contributed by atoms with E-state index in [9.17, 15) is 8.42 Å². The molecule has 5 heteroatoms. The highest BCUT2D eigenvalue weighted by molar-refractivity contribution is 7.90. The molecule has 0 amide bonds. The van der Waals surface area contributed by atoms with E-state index < -0.39 is 10.0 Å². The van der Waals surface area contributed by atoms with Gasteiger partial charge in [-0.25, -0.2) is 12.7 Å². The van der Waals surface area contributed by atoms with Crippen molar-refractivity contribution in [2.24, 2.45) is 4.99 Å². The van der Waals surface area contributed by atoms with E-state index in [1.54, 1.807) is 6.07 Å². The third kappa shape index (κ3) is 1.74. The monoisotopic (exact) mass is 252 g/mol. The Morgan fingerprint density at radius 1 is 1.29 bits per heavy atom. The summed E-state index contributed by atoms with van der Waals surface area (Å²) >= 11 is 0. The molecule has 0 saturated heterocycles. The second kappa shape index (κ2) is 4.14. The minimum Gasteiger partial charge on any atom is -0.267 e. The number of fused-ring (bicyclic) bond motifs is 1. The van der Waals surface area contributed by atoms with Crippen LogP contribution in [0.4, 0.5) is 0 Å². The van der Waals surface area contributed by atoms with Gasteiger partial charge in [-0.15, -0.1) is 0 Å². The van der Waals surface area contributed by atoms with Crippen molar-refractivity contribution in [1.29, 1.82) is 0 Å². The van der Waals surface area contributed by atoms with Gasteiger partial charge in [0.15, 0.2) is 0 Å². The van der Waals surface area contributed by atoms with Crippen LogP contribution in [0.1, 0.15) is 25.0 Å². The van der Waals surface area contributed by atoms with E-state index in [-0.39, 0.29) is 0 Å². The molecule has 1 aromatic carbocycles. The summed E-state index contributed by atoms with van der Waals surface area (Å²) in [5.74, 6) is 0.578. The van der Waals surface area contributed by atoms with Gasteiger partial charge >= 0.3 is 0 Å². The number of hydrogen-bond donors (Lipinski definition) is 0. The Morgan fingerprint density at radius 2 is 2.00 bits per heavy atom. The summed E-state index contributed by atoms with van der Waals surface area (Å²) in [5, 5.41) is 0. The molecule has 0 radical (unpaired) electrons. The second-order valence-electron chi connectivity index (χ2n) is 3.97. The average molecular weight is 252 g/mol. The van der Waals surface area contributed by atoms with Crippen LogP contribution in [0.15, 0.2) is 28.1 Å². The van der Waals surface area contributed by atoms with E-state index in [2.05, 4.69) is 4.99 Å². The molecule has 2 rings (SSSR count). The predicted octanol–water partition coefficient (Wildman–Crippen LogP) is 1.79. The number of rotatable bonds is 2. The number of aliphatic imine (C=N–C) groups is 1. The quantitative estimate of drug-likeness (QED) is 0.805. The van der Waals surface area contributed by atoms with Crippen molar-refractivity contribution in [2.45, 2.75) is 25.7 Å². The lowest BCUT2D eigenvalue weighted by molar-refractivity contribution is 0.539. The zero-order chi connectivity index (χ0) is 12.6. The molecule has 17 heavy (non-hydrogen) atoms. The molecule has 0 aromatic heterocycles. The predicted molar refractivity (Wildman–Crippen MR) is 67.8 cm³/mol. The van der Waals surface area contributed by atoms with E-state index in [1.807, 2.05) is 32.9 Å². The zero-order valence-corrected chi connectivity index (χ0v) is 11.1. The molecule has 4 nitrogen and oxygen atoms in total. The molecule has 0 spiro atoms. The summed E-state index contributed by atoms with van der Waals surface area (Å²) < 4.78 is 25.9. The van der Waals surface area contributed by atoms with Gasteiger partial charge in [-0.2, -0.15) is 0 Å². The van der Waals surface area contributed by atoms with E-state index in [0.717, 1.165) is 11.1 Å². The number of aryl methyl sites for hydroxylation is 1. The third-order valence-electron chi connectivity index (χ3n) is 2.78. The Balaban J connectivity index is 2.74. The Hall–Kier alpha value is -1.36. The first kappa shape index (κ1) is 12.1. The van der Waals surface area contributed by atoms with E-state index in [1.165, 1.54) is 4.31 Å². The van der Waals surface area contributed by atoms with Crippen molar-refractivity contribution in [3.8, 4) is 0 Å². The maximum atomic E-state index is 12.3. The summed E-state index contributed by atoms with van der Waals surface area (Å²) in [6, 6.07) is 5.37. The maximum Gasteiger partial charge on any atom is 0.266 e. The smallest absolute Gasteiger partial charge is 0.266 e. The Kier molecular flexibility index (Phi) is 2.95. The van der Waals surface area contributed by atoms with Gasteiger partial charge in [-0.3, -0.25) is 4.99 Å². The van der Waals surface area contributed by atoms with Crippen LogP contribution in [0.5, 0.6) is 0 Å². The average Bonchev–Trinajstić information content (AvgIpc) is 2.47. The minimum atomic E-state index is -3.38. The van der Waals surface area contributed by atoms with Crippen molar-refractivity contribution in [1.82, 2.24) is 4.31 Å². The fourth-order valence-electron chi connectivity index (χ4n) is 2.04. The fourth-order valence-corrected chi connectivity index (χ4v) is 3.67. The molecule has 0 saturated carbocycles. The summed E-state index contributed by atoms with van der Waals surface area (Å²) in [7, 11) is -3.38. The molecule has 1 aliphatic heterocycles. The van der Waals surface area contributed by atoms with Crippen LogP contribution in [-0.2, 0) is 10.0 Å². The molecule has 1 aromatic rings. The van der Waals surface area contributed by atoms with Crippen LogP contribution < -0.4 is 0 Å². The van der Waals surface area contributed by atoms with Gasteiger partial charge < -0.3 is 0 Å². The zero-order valence-electron chi connectivity index (χ0n) is 10.3. The van der Waals surface area contributed by atoms with Gasteiger partial charge in [0, 0.05) is 18.7 Å². The van der Waals surface area contributed by atoms with Crippen LogP contribution in [-0.4, -0.2) is 31.6 Å². The van der Waals surface area contributed by atoms with Gasteiger partial charge in [0.1, 0.15) is 5.84 Å². The second-order valence-corrected chi connectivity index (χ2v) is 5.80. The van der Waals surface area contributed by atoms with Gasteiger partial charge in [0.2, 0.25) is 0 Å². The van der Waals surface area contributed by atoms with Crippen LogP contribution in [0, 0.1) is 6.92 Å². The lowest BCUT2D eigenvalue weighted by Crippen LogP contribution is -2.30. The molecule has 0 aliphatic carbocycles. The van der Waals surface area contributed by atoms with Crippen molar-refractivity contribution in [2.75, 3.05) is 13.1 Å². The first-order valence-corrected chi connectivity index (χ1v) is 7.14. The van der Waals surface area contributed by atoms with Gasteiger partial charge in [0.25, 0.3) is 10.0 Å². The molecule has 0 bridgehead atoms. The summed E-state index contributed by atoms with van der Waals surface area (Å²) in [6.45, 7) is 6.66. The van der Waals surface area contributed by atoms with Gasteiger partial charge in [-0.1, -0.05) is 11.6 Å². The SMILES string of the molecule is CCN=C1c2cc(C)ccc2S(=O)(=O)N1CC. The normalized spacial score (nSPS) is 19.7. The van der Waals surface area contributed by atoms with E-state index in [0.29, 0.717) is 23.8 Å². The lowest BCUT2D eigenvalue weighted by atomic mass is 10.1. The number of hydrogen-bond acceptors (Lipinski definition) is 3. The van der Waals surface area contributed by atoms with Crippen LogP contribution in [0.25, 0.3) is 0 Å². The molecule has 1 heterocycles. The van der Waals surface area contributed by atoms with Crippen molar-refractivity contribution < 1.29 is 8.42 Å². The summed E-state index contributed by atoms with van der Waals surface area (Å²) in [4.78, 5) is 4.69. The number of sulfonamides is 1.